The van der Waals surface area contributed by atoms with E-state index in [1.807, 2.05) is 55.5 Å². The molecule has 21 heavy (non-hydrogen) atoms. The van der Waals surface area contributed by atoms with Crippen molar-refractivity contribution in [1.82, 2.24) is 0 Å². The molecular formula is C17H16BrNO2. The van der Waals surface area contributed by atoms with Gasteiger partial charge in [0.15, 0.2) is 0 Å². The Bertz CT molecular complexity index is 635. The van der Waals surface area contributed by atoms with Crippen molar-refractivity contribution in [3.63, 3.8) is 0 Å². The number of amides is 1. The van der Waals surface area contributed by atoms with E-state index >= 15 is 0 Å². The summed E-state index contributed by atoms with van der Waals surface area (Å²) in [7, 11) is 0. The summed E-state index contributed by atoms with van der Waals surface area (Å²) in [4.78, 5) is 11.9. The Labute approximate surface area is 132 Å². The van der Waals surface area contributed by atoms with Crippen molar-refractivity contribution in [3.05, 3.63) is 64.6 Å². The quantitative estimate of drug-likeness (QED) is 0.810. The lowest BCUT2D eigenvalue weighted by Crippen LogP contribution is -2.07. The molecule has 0 unspecified atom stereocenters. The van der Waals surface area contributed by atoms with Gasteiger partial charge in [-0.1, -0.05) is 24.3 Å². The summed E-state index contributed by atoms with van der Waals surface area (Å²) in [5.74, 6) is 0.656. The molecule has 0 saturated carbocycles. The van der Waals surface area contributed by atoms with Crippen LogP contribution >= 0.6 is 15.9 Å². The Kier molecular flexibility index (Phi) is 5.58. The maximum Gasteiger partial charge on any atom is 0.248 e. The third-order valence-corrected chi connectivity index (χ3v) is 3.44. The standard InChI is InChI=1S/C17H16BrNO2/c1-2-21-14-10-7-13(8-11-14)9-12-17(20)19-16-6-4-3-5-15(16)18/h3-12H,2H2,1H3,(H,19,20). The first-order valence-electron chi connectivity index (χ1n) is 6.65. The maximum atomic E-state index is 11.9. The van der Waals surface area contributed by atoms with E-state index in [4.69, 9.17) is 4.74 Å². The molecule has 0 fully saturated rings. The molecule has 1 N–H and O–H groups in total. The predicted octanol–water partition coefficient (Wildman–Crippen LogP) is 4.50. The summed E-state index contributed by atoms with van der Waals surface area (Å²) in [6.45, 7) is 2.59. The summed E-state index contributed by atoms with van der Waals surface area (Å²) in [5.41, 5.74) is 1.69. The molecule has 0 aliphatic heterocycles. The fourth-order valence-corrected chi connectivity index (χ4v) is 2.13. The van der Waals surface area contributed by atoms with Crippen molar-refractivity contribution < 1.29 is 9.53 Å². The Hall–Kier alpha value is -2.07. The van der Waals surface area contributed by atoms with E-state index < -0.39 is 0 Å². The second kappa shape index (κ2) is 7.64. The molecule has 1 amide bonds. The average molecular weight is 346 g/mol. The number of para-hydroxylation sites is 1. The van der Waals surface area contributed by atoms with Crippen LogP contribution in [-0.2, 0) is 4.79 Å². The Morgan fingerprint density at radius 1 is 1.19 bits per heavy atom. The fourth-order valence-electron chi connectivity index (χ4n) is 1.75. The molecule has 2 rings (SSSR count). The Morgan fingerprint density at radius 2 is 1.90 bits per heavy atom. The van der Waals surface area contributed by atoms with E-state index in [0.717, 1.165) is 21.5 Å². The third kappa shape index (κ3) is 4.76. The lowest BCUT2D eigenvalue weighted by Gasteiger charge is -2.04. The number of hydrogen-bond acceptors (Lipinski definition) is 2. The van der Waals surface area contributed by atoms with Gasteiger partial charge in [0.05, 0.1) is 12.3 Å². The van der Waals surface area contributed by atoms with Crippen molar-refractivity contribution >= 4 is 33.6 Å². The number of hydrogen-bond donors (Lipinski definition) is 1. The first-order valence-corrected chi connectivity index (χ1v) is 7.45. The molecule has 0 aromatic heterocycles. The molecule has 0 heterocycles. The maximum absolute atomic E-state index is 11.9. The van der Waals surface area contributed by atoms with Gasteiger partial charge in [0, 0.05) is 10.5 Å². The molecule has 0 saturated heterocycles. The molecule has 3 nitrogen and oxygen atoms in total. The van der Waals surface area contributed by atoms with Crippen LogP contribution in [-0.4, -0.2) is 12.5 Å². The number of carbonyl (C=O) groups excluding carboxylic acids is 1. The number of nitrogens with one attached hydrogen (secondary N) is 1. The molecule has 2 aromatic carbocycles. The highest BCUT2D eigenvalue weighted by Gasteiger charge is 2.01. The number of halogens is 1. The minimum atomic E-state index is -0.171. The Morgan fingerprint density at radius 3 is 2.57 bits per heavy atom. The first kappa shape index (κ1) is 15.3. The van der Waals surface area contributed by atoms with Gasteiger partial charge in [-0.2, -0.15) is 0 Å². The highest BCUT2D eigenvalue weighted by molar-refractivity contribution is 9.10. The molecule has 0 atom stereocenters. The zero-order valence-electron chi connectivity index (χ0n) is 11.7. The van der Waals surface area contributed by atoms with Crippen LogP contribution < -0.4 is 10.1 Å². The topological polar surface area (TPSA) is 38.3 Å². The zero-order chi connectivity index (χ0) is 15.1. The van der Waals surface area contributed by atoms with Crippen molar-refractivity contribution in [2.24, 2.45) is 0 Å². The minimum absolute atomic E-state index is 0.171. The largest absolute Gasteiger partial charge is 0.494 e. The minimum Gasteiger partial charge on any atom is -0.494 e. The summed E-state index contributed by atoms with van der Waals surface area (Å²) < 4.78 is 6.22. The van der Waals surface area contributed by atoms with Gasteiger partial charge in [0.25, 0.3) is 0 Å². The number of anilines is 1. The van der Waals surface area contributed by atoms with E-state index in [-0.39, 0.29) is 5.91 Å². The number of carbonyl (C=O) groups is 1. The van der Waals surface area contributed by atoms with E-state index in [0.29, 0.717) is 6.61 Å². The average Bonchev–Trinajstić information content (AvgIpc) is 2.49. The predicted molar refractivity (Wildman–Crippen MR) is 89.4 cm³/mol. The van der Waals surface area contributed by atoms with Crippen molar-refractivity contribution in [2.75, 3.05) is 11.9 Å². The fraction of sp³-hybridized carbons (Fsp3) is 0.118. The highest BCUT2D eigenvalue weighted by Crippen LogP contribution is 2.21. The summed E-state index contributed by atoms with van der Waals surface area (Å²) >= 11 is 3.39. The lowest BCUT2D eigenvalue weighted by molar-refractivity contribution is -0.111. The van der Waals surface area contributed by atoms with Gasteiger partial charge in [-0.15, -0.1) is 0 Å². The molecule has 0 aliphatic carbocycles. The molecular weight excluding hydrogens is 330 g/mol. The van der Waals surface area contributed by atoms with Gasteiger partial charge >= 0.3 is 0 Å². The second-order valence-corrected chi connectivity index (χ2v) is 5.16. The van der Waals surface area contributed by atoms with Gasteiger partial charge in [0.2, 0.25) is 5.91 Å². The van der Waals surface area contributed by atoms with Crippen LogP contribution in [0, 0.1) is 0 Å². The number of benzene rings is 2. The lowest BCUT2D eigenvalue weighted by atomic mass is 10.2. The first-order chi connectivity index (χ1) is 10.2. The van der Waals surface area contributed by atoms with E-state index in [9.17, 15) is 4.79 Å². The third-order valence-electron chi connectivity index (χ3n) is 2.75. The van der Waals surface area contributed by atoms with E-state index in [2.05, 4.69) is 21.2 Å². The summed E-state index contributed by atoms with van der Waals surface area (Å²) in [6.07, 6.45) is 3.27. The molecule has 0 radical (unpaired) electrons. The SMILES string of the molecule is CCOc1ccc(C=CC(=O)Nc2ccccc2Br)cc1. The van der Waals surface area contributed by atoms with Gasteiger partial charge < -0.3 is 10.1 Å². The molecule has 4 heteroatoms. The van der Waals surface area contributed by atoms with Crippen LogP contribution in [0.25, 0.3) is 6.08 Å². The van der Waals surface area contributed by atoms with Crippen LogP contribution in [0.4, 0.5) is 5.69 Å². The summed E-state index contributed by atoms with van der Waals surface area (Å²) in [5, 5.41) is 2.81. The molecule has 0 spiro atoms. The zero-order valence-corrected chi connectivity index (χ0v) is 13.3. The van der Waals surface area contributed by atoms with Crippen LogP contribution in [0.5, 0.6) is 5.75 Å². The second-order valence-electron chi connectivity index (χ2n) is 4.30. The van der Waals surface area contributed by atoms with Crippen molar-refractivity contribution in [1.29, 1.82) is 0 Å². The number of ether oxygens (including phenoxy) is 1. The molecule has 108 valence electrons. The molecule has 0 bridgehead atoms. The number of rotatable bonds is 5. The van der Waals surface area contributed by atoms with Crippen molar-refractivity contribution in [2.45, 2.75) is 6.92 Å². The van der Waals surface area contributed by atoms with E-state index in [1.165, 1.54) is 6.08 Å². The van der Waals surface area contributed by atoms with Crippen LogP contribution in [0.15, 0.2) is 59.1 Å². The van der Waals surface area contributed by atoms with Crippen molar-refractivity contribution in [3.8, 4) is 5.75 Å². The van der Waals surface area contributed by atoms with Gasteiger partial charge in [0.1, 0.15) is 5.75 Å². The molecule has 2 aromatic rings. The van der Waals surface area contributed by atoms with Crippen LogP contribution in [0.1, 0.15) is 12.5 Å². The monoisotopic (exact) mass is 345 g/mol. The summed E-state index contributed by atoms with van der Waals surface area (Å²) in [6, 6.07) is 15.1. The molecule has 0 aliphatic rings. The van der Waals surface area contributed by atoms with Crippen LogP contribution in [0.3, 0.4) is 0 Å². The van der Waals surface area contributed by atoms with E-state index in [1.54, 1.807) is 6.08 Å². The Balaban J connectivity index is 1.97. The van der Waals surface area contributed by atoms with Gasteiger partial charge in [-0.25, -0.2) is 0 Å². The normalized spacial score (nSPS) is 10.6. The smallest absolute Gasteiger partial charge is 0.248 e. The van der Waals surface area contributed by atoms with Crippen LogP contribution in [0.2, 0.25) is 0 Å². The van der Waals surface area contributed by atoms with Gasteiger partial charge in [-0.05, 0) is 58.8 Å². The highest BCUT2D eigenvalue weighted by atomic mass is 79.9. The van der Waals surface area contributed by atoms with Gasteiger partial charge in [-0.3, -0.25) is 4.79 Å².